The van der Waals surface area contributed by atoms with E-state index in [9.17, 15) is 27.9 Å². The molecule has 1 aromatic carbocycles. The molecule has 2 atom stereocenters. The van der Waals surface area contributed by atoms with Gasteiger partial charge in [0.25, 0.3) is 0 Å². The first-order chi connectivity index (χ1) is 12.4. The molecule has 1 amide bonds. The molecule has 2 rings (SSSR count). The third kappa shape index (κ3) is 5.77. The number of nitrogens with zero attached hydrogens (tertiary/aromatic N) is 1. The lowest BCUT2D eigenvalue weighted by molar-refractivity contribution is -0.143. The molecule has 0 unspecified atom stereocenters. The summed E-state index contributed by atoms with van der Waals surface area (Å²) >= 11 is 0. The third-order valence-electron chi connectivity index (χ3n) is 4.17. The van der Waals surface area contributed by atoms with Crippen LogP contribution in [0.15, 0.2) is 24.3 Å². The number of halogens is 3. The molecule has 0 spiro atoms. The van der Waals surface area contributed by atoms with Gasteiger partial charge in [-0.1, -0.05) is 6.07 Å². The van der Waals surface area contributed by atoms with E-state index in [1.807, 2.05) is 0 Å². The molecule has 150 valence electrons. The molecule has 1 aliphatic rings. The number of carbonyl (C=O) groups excluding carboxylic acids is 1. The van der Waals surface area contributed by atoms with Crippen LogP contribution >= 0.6 is 0 Å². The number of hydrogen-bond acceptors (Lipinski definition) is 4. The normalized spacial score (nSPS) is 20.9. The summed E-state index contributed by atoms with van der Waals surface area (Å²) in [6, 6.07) is 4.10. The van der Waals surface area contributed by atoms with Crippen LogP contribution in [0.5, 0.6) is 0 Å². The Balaban J connectivity index is 2.12. The molecule has 9 heteroatoms. The summed E-state index contributed by atoms with van der Waals surface area (Å²) in [6.45, 7) is 5.37. The van der Waals surface area contributed by atoms with Crippen LogP contribution in [0, 0.1) is 5.92 Å². The minimum Gasteiger partial charge on any atom is -0.481 e. The summed E-state index contributed by atoms with van der Waals surface area (Å²) in [6.07, 6.45) is -4.92. The van der Waals surface area contributed by atoms with Gasteiger partial charge in [0, 0.05) is 24.8 Å². The lowest BCUT2D eigenvalue weighted by atomic mass is 9.91. The van der Waals surface area contributed by atoms with Crippen LogP contribution in [0.4, 0.5) is 23.7 Å². The topological polar surface area (TPSA) is 78.9 Å². The highest BCUT2D eigenvalue weighted by molar-refractivity contribution is 5.75. The van der Waals surface area contributed by atoms with E-state index in [2.05, 4.69) is 5.32 Å². The Bertz CT molecular complexity index is 701. The largest absolute Gasteiger partial charge is 0.481 e. The summed E-state index contributed by atoms with van der Waals surface area (Å²) in [5.74, 6) is -2.10. The van der Waals surface area contributed by atoms with Gasteiger partial charge in [0.15, 0.2) is 0 Å². The molecule has 1 heterocycles. The molecule has 1 saturated heterocycles. The van der Waals surface area contributed by atoms with Crippen molar-refractivity contribution < 1.29 is 32.6 Å². The van der Waals surface area contributed by atoms with Crippen molar-refractivity contribution in [3.63, 3.8) is 0 Å². The Kier molecular flexibility index (Phi) is 5.91. The lowest BCUT2D eigenvalue weighted by Gasteiger charge is -2.38. The fourth-order valence-corrected chi connectivity index (χ4v) is 2.95. The average molecular weight is 388 g/mol. The average Bonchev–Trinajstić information content (AvgIpc) is 2.52. The van der Waals surface area contributed by atoms with E-state index in [1.54, 1.807) is 25.7 Å². The van der Waals surface area contributed by atoms with Gasteiger partial charge in [-0.15, -0.1) is 0 Å². The maximum atomic E-state index is 12.9. The smallest absolute Gasteiger partial charge is 0.416 e. The first-order valence-corrected chi connectivity index (χ1v) is 8.51. The summed E-state index contributed by atoms with van der Waals surface area (Å²) in [5.41, 5.74) is -1.21. The Labute approximate surface area is 155 Å². The van der Waals surface area contributed by atoms with Gasteiger partial charge in [-0.3, -0.25) is 4.79 Å². The van der Waals surface area contributed by atoms with Crippen LogP contribution in [-0.4, -0.2) is 41.9 Å². The van der Waals surface area contributed by atoms with Gasteiger partial charge in [0.2, 0.25) is 0 Å². The van der Waals surface area contributed by atoms with Crippen LogP contribution in [0.2, 0.25) is 0 Å². The number of ether oxygens (including phenoxy) is 1. The molecule has 1 fully saturated rings. The number of piperidine rings is 1. The van der Waals surface area contributed by atoms with Crippen LogP contribution < -0.4 is 10.2 Å². The summed E-state index contributed by atoms with van der Waals surface area (Å²) in [5, 5.41) is 12.1. The number of alkyl carbamates (subject to hydrolysis) is 1. The molecular weight excluding hydrogens is 365 g/mol. The van der Waals surface area contributed by atoms with Crippen LogP contribution in [0.3, 0.4) is 0 Å². The van der Waals surface area contributed by atoms with E-state index in [0.29, 0.717) is 12.2 Å². The van der Waals surface area contributed by atoms with Crippen molar-refractivity contribution in [1.29, 1.82) is 0 Å². The highest BCUT2D eigenvalue weighted by Crippen LogP contribution is 2.33. The minimum atomic E-state index is -4.47. The first kappa shape index (κ1) is 20.9. The van der Waals surface area contributed by atoms with E-state index in [0.717, 1.165) is 12.1 Å². The number of carboxylic acids is 1. The number of carboxylic acid groups (broad SMARTS) is 1. The Morgan fingerprint density at radius 3 is 2.48 bits per heavy atom. The molecule has 0 radical (unpaired) electrons. The quantitative estimate of drug-likeness (QED) is 0.829. The number of benzene rings is 1. The van der Waals surface area contributed by atoms with E-state index in [4.69, 9.17) is 4.74 Å². The highest BCUT2D eigenvalue weighted by Gasteiger charge is 2.37. The SMILES string of the molecule is CC(C)(C)OC(=O)N[C@H]1CCN(c2cccc(C(F)(F)F)c2)C[C@@H]1C(=O)O. The Hall–Kier alpha value is -2.45. The van der Waals surface area contributed by atoms with Crippen LogP contribution in [-0.2, 0) is 15.7 Å². The summed E-state index contributed by atoms with van der Waals surface area (Å²) < 4.78 is 43.9. The number of nitrogens with one attached hydrogen (secondary N) is 1. The van der Waals surface area contributed by atoms with Crippen LogP contribution in [0.1, 0.15) is 32.8 Å². The number of rotatable bonds is 3. The monoisotopic (exact) mass is 388 g/mol. The summed E-state index contributed by atoms with van der Waals surface area (Å²) in [7, 11) is 0. The molecular formula is C18H23F3N2O4. The Morgan fingerprint density at radius 2 is 1.93 bits per heavy atom. The zero-order chi connectivity index (χ0) is 20.4. The molecule has 6 nitrogen and oxygen atoms in total. The number of aliphatic carboxylic acids is 1. The lowest BCUT2D eigenvalue weighted by Crippen LogP contribution is -2.54. The molecule has 0 saturated carbocycles. The fraction of sp³-hybridized carbons (Fsp3) is 0.556. The van der Waals surface area contributed by atoms with Crippen molar-refractivity contribution in [1.82, 2.24) is 5.32 Å². The molecule has 27 heavy (non-hydrogen) atoms. The molecule has 0 bridgehead atoms. The number of hydrogen-bond donors (Lipinski definition) is 2. The molecule has 2 N–H and O–H groups in total. The van der Waals surface area contributed by atoms with E-state index >= 15 is 0 Å². The first-order valence-electron chi connectivity index (χ1n) is 8.51. The maximum absolute atomic E-state index is 12.9. The van der Waals surface area contributed by atoms with E-state index in [-0.39, 0.29) is 13.0 Å². The van der Waals surface area contributed by atoms with E-state index < -0.39 is 41.4 Å². The fourth-order valence-electron chi connectivity index (χ4n) is 2.95. The molecule has 1 aromatic rings. The number of carbonyl (C=O) groups is 2. The van der Waals surface area contributed by atoms with Crippen LogP contribution in [0.25, 0.3) is 0 Å². The van der Waals surface area contributed by atoms with E-state index in [1.165, 1.54) is 12.1 Å². The number of alkyl halides is 3. The zero-order valence-corrected chi connectivity index (χ0v) is 15.3. The second kappa shape index (κ2) is 7.66. The second-order valence-electron chi connectivity index (χ2n) is 7.48. The second-order valence-corrected chi connectivity index (χ2v) is 7.48. The van der Waals surface area contributed by atoms with Gasteiger partial charge in [-0.2, -0.15) is 13.2 Å². The molecule has 0 aromatic heterocycles. The van der Waals surface area contributed by atoms with Gasteiger partial charge in [-0.05, 0) is 45.4 Å². The molecule has 0 aliphatic carbocycles. The number of anilines is 1. The van der Waals surface area contributed by atoms with Crippen molar-refractivity contribution in [2.24, 2.45) is 5.92 Å². The van der Waals surface area contributed by atoms with Gasteiger partial charge in [0.1, 0.15) is 5.60 Å². The highest BCUT2D eigenvalue weighted by atomic mass is 19.4. The van der Waals surface area contributed by atoms with Crippen molar-refractivity contribution in [3.05, 3.63) is 29.8 Å². The van der Waals surface area contributed by atoms with Crippen molar-refractivity contribution >= 4 is 17.7 Å². The standard InChI is InChI=1S/C18H23F3N2O4/c1-17(2,3)27-16(26)22-14-7-8-23(10-13(14)15(24)25)12-6-4-5-11(9-12)18(19,20)21/h4-6,9,13-14H,7-8,10H2,1-3H3,(H,22,26)(H,24,25)/t13-,14-/m0/s1. The molecule has 1 aliphatic heterocycles. The predicted molar refractivity (Wildman–Crippen MR) is 92.6 cm³/mol. The van der Waals surface area contributed by atoms with Gasteiger partial charge in [0.05, 0.1) is 11.5 Å². The minimum absolute atomic E-state index is 0.0168. The third-order valence-corrected chi connectivity index (χ3v) is 4.17. The summed E-state index contributed by atoms with van der Waals surface area (Å²) in [4.78, 5) is 25.2. The van der Waals surface area contributed by atoms with Crippen molar-refractivity contribution in [3.8, 4) is 0 Å². The van der Waals surface area contributed by atoms with Crippen molar-refractivity contribution in [2.45, 2.75) is 45.0 Å². The van der Waals surface area contributed by atoms with Gasteiger partial charge < -0.3 is 20.1 Å². The zero-order valence-electron chi connectivity index (χ0n) is 15.3. The van der Waals surface area contributed by atoms with Gasteiger partial charge >= 0.3 is 18.2 Å². The predicted octanol–water partition coefficient (Wildman–Crippen LogP) is 3.51. The number of amides is 1. The van der Waals surface area contributed by atoms with Gasteiger partial charge in [-0.25, -0.2) is 4.79 Å². The maximum Gasteiger partial charge on any atom is 0.416 e. The Morgan fingerprint density at radius 1 is 1.26 bits per heavy atom. The van der Waals surface area contributed by atoms with Crippen molar-refractivity contribution in [2.75, 3.05) is 18.0 Å².